The zero-order chi connectivity index (χ0) is 14.1. The molecule has 1 rings (SSSR count). The molecule has 4 nitrogen and oxygen atoms in total. The van der Waals surface area contributed by atoms with Crippen LogP contribution in [0, 0.1) is 0 Å². The fraction of sp³-hybridized carbons (Fsp3) is 0.533. The first kappa shape index (κ1) is 18.9. The van der Waals surface area contributed by atoms with Gasteiger partial charge in [0, 0.05) is 13.1 Å². The zero-order valence-corrected chi connectivity index (χ0v) is 13.1. The van der Waals surface area contributed by atoms with E-state index in [0.29, 0.717) is 19.6 Å². The summed E-state index contributed by atoms with van der Waals surface area (Å²) in [5, 5.41) is 0. The maximum absolute atomic E-state index is 12.1. The molecule has 0 bridgehead atoms. The van der Waals surface area contributed by atoms with Gasteiger partial charge in [-0.05, 0) is 32.4 Å². The monoisotopic (exact) mass is 300 g/mol. The van der Waals surface area contributed by atoms with Gasteiger partial charge in [-0.2, -0.15) is 0 Å². The van der Waals surface area contributed by atoms with Gasteiger partial charge < -0.3 is 15.4 Å². The summed E-state index contributed by atoms with van der Waals surface area (Å²) in [6, 6.07) is 9.96. The maximum atomic E-state index is 12.1. The molecule has 0 fully saturated rings. The Hall–Kier alpha value is -1.10. The van der Waals surface area contributed by atoms with Crippen molar-refractivity contribution in [2.24, 2.45) is 5.73 Å². The molecule has 0 aliphatic carbocycles. The standard InChI is InChI=1S/C15H24N2O2.ClH/c1-13(2)19-12-15(18)17(10-6-9-16)11-14-7-4-3-5-8-14;/h3-5,7-8,13H,6,9-12,16H2,1-2H3;1H. The summed E-state index contributed by atoms with van der Waals surface area (Å²) >= 11 is 0. The van der Waals surface area contributed by atoms with Crippen LogP contribution >= 0.6 is 12.4 Å². The third kappa shape index (κ3) is 7.48. The van der Waals surface area contributed by atoms with E-state index in [1.807, 2.05) is 49.1 Å². The highest BCUT2D eigenvalue weighted by Crippen LogP contribution is 2.06. The van der Waals surface area contributed by atoms with Gasteiger partial charge >= 0.3 is 0 Å². The van der Waals surface area contributed by atoms with E-state index in [9.17, 15) is 4.79 Å². The predicted molar refractivity (Wildman–Crippen MR) is 83.9 cm³/mol. The van der Waals surface area contributed by atoms with E-state index in [1.165, 1.54) is 0 Å². The topological polar surface area (TPSA) is 55.6 Å². The van der Waals surface area contributed by atoms with Crippen molar-refractivity contribution in [3.8, 4) is 0 Å². The Morgan fingerprint density at radius 1 is 1.30 bits per heavy atom. The smallest absolute Gasteiger partial charge is 0.248 e. The molecule has 1 amide bonds. The lowest BCUT2D eigenvalue weighted by Gasteiger charge is -2.23. The lowest BCUT2D eigenvalue weighted by Crippen LogP contribution is -2.35. The second kappa shape index (κ2) is 10.7. The summed E-state index contributed by atoms with van der Waals surface area (Å²) < 4.78 is 5.38. The second-order valence-corrected chi connectivity index (χ2v) is 4.80. The van der Waals surface area contributed by atoms with E-state index >= 15 is 0 Å². The van der Waals surface area contributed by atoms with Gasteiger partial charge in [-0.25, -0.2) is 0 Å². The number of hydrogen-bond acceptors (Lipinski definition) is 3. The molecule has 0 aliphatic rings. The molecule has 114 valence electrons. The molecule has 0 heterocycles. The molecule has 0 aromatic heterocycles. The molecular weight excluding hydrogens is 276 g/mol. The number of carbonyl (C=O) groups is 1. The van der Waals surface area contributed by atoms with Crippen LogP contribution in [0.15, 0.2) is 30.3 Å². The maximum Gasteiger partial charge on any atom is 0.248 e. The molecular formula is C15H25ClN2O2. The van der Waals surface area contributed by atoms with Crippen molar-refractivity contribution >= 4 is 18.3 Å². The Morgan fingerprint density at radius 2 is 1.95 bits per heavy atom. The zero-order valence-electron chi connectivity index (χ0n) is 12.2. The minimum Gasteiger partial charge on any atom is -0.369 e. The quantitative estimate of drug-likeness (QED) is 0.801. The number of amides is 1. The first-order valence-electron chi connectivity index (χ1n) is 6.77. The van der Waals surface area contributed by atoms with Gasteiger partial charge in [-0.1, -0.05) is 30.3 Å². The molecule has 0 atom stereocenters. The Balaban J connectivity index is 0.00000361. The van der Waals surface area contributed by atoms with Crippen LogP contribution in [0.25, 0.3) is 0 Å². The van der Waals surface area contributed by atoms with Crippen LogP contribution in [0.3, 0.4) is 0 Å². The minimum absolute atomic E-state index is 0. The summed E-state index contributed by atoms with van der Waals surface area (Å²) in [5.74, 6) is 0.0194. The number of benzene rings is 1. The Morgan fingerprint density at radius 3 is 2.50 bits per heavy atom. The van der Waals surface area contributed by atoms with Crippen molar-refractivity contribution in [2.45, 2.75) is 32.9 Å². The third-order valence-electron chi connectivity index (χ3n) is 2.74. The van der Waals surface area contributed by atoms with Crippen LogP contribution in [0.4, 0.5) is 0 Å². The van der Waals surface area contributed by atoms with E-state index in [4.69, 9.17) is 10.5 Å². The first-order chi connectivity index (χ1) is 9.13. The number of halogens is 1. The molecule has 1 aromatic carbocycles. The molecule has 0 saturated carbocycles. The second-order valence-electron chi connectivity index (χ2n) is 4.80. The normalized spacial score (nSPS) is 10.2. The fourth-order valence-corrected chi connectivity index (χ4v) is 1.71. The van der Waals surface area contributed by atoms with Gasteiger partial charge in [0.05, 0.1) is 6.10 Å². The lowest BCUT2D eigenvalue weighted by atomic mass is 10.2. The number of carbonyl (C=O) groups excluding carboxylic acids is 1. The molecule has 20 heavy (non-hydrogen) atoms. The third-order valence-corrected chi connectivity index (χ3v) is 2.74. The number of rotatable bonds is 8. The minimum atomic E-state index is 0. The van der Waals surface area contributed by atoms with Gasteiger partial charge in [-0.15, -0.1) is 12.4 Å². The van der Waals surface area contributed by atoms with Crippen LogP contribution in [0.5, 0.6) is 0 Å². The molecule has 0 saturated heterocycles. The van der Waals surface area contributed by atoms with E-state index < -0.39 is 0 Å². The molecule has 2 N–H and O–H groups in total. The van der Waals surface area contributed by atoms with Crippen molar-refractivity contribution in [3.05, 3.63) is 35.9 Å². The fourth-order valence-electron chi connectivity index (χ4n) is 1.71. The SMILES string of the molecule is CC(C)OCC(=O)N(CCCN)Cc1ccccc1.Cl. The van der Waals surface area contributed by atoms with Gasteiger partial charge in [-0.3, -0.25) is 4.79 Å². The first-order valence-corrected chi connectivity index (χ1v) is 6.77. The molecule has 0 spiro atoms. The average Bonchev–Trinajstić information content (AvgIpc) is 2.41. The average molecular weight is 301 g/mol. The number of nitrogens with two attached hydrogens (primary N) is 1. The molecule has 0 radical (unpaired) electrons. The van der Waals surface area contributed by atoms with Crippen LogP contribution in [-0.2, 0) is 16.1 Å². The van der Waals surface area contributed by atoms with E-state index in [2.05, 4.69) is 0 Å². The number of ether oxygens (including phenoxy) is 1. The van der Waals surface area contributed by atoms with E-state index in [0.717, 1.165) is 12.0 Å². The van der Waals surface area contributed by atoms with Gasteiger partial charge in [0.2, 0.25) is 5.91 Å². The highest BCUT2D eigenvalue weighted by molar-refractivity contribution is 5.85. The largest absolute Gasteiger partial charge is 0.369 e. The Bertz CT molecular complexity index is 371. The van der Waals surface area contributed by atoms with Crippen molar-refractivity contribution in [2.75, 3.05) is 19.7 Å². The predicted octanol–water partition coefficient (Wildman–Crippen LogP) is 2.21. The van der Waals surface area contributed by atoms with Crippen LogP contribution in [0.1, 0.15) is 25.8 Å². The highest BCUT2D eigenvalue weighted by Gasteiger charge is 2.14. The number of hydrogen-bond donors (Lipinski definition) is 1. The van der Waals surface area contributed by atoms with Crippen LogP contribution in [-0.4, -0.2) is 36.6 Å². The summed E-state index contributed by atoms with van der Waals surface area (Å²) in [4.78, 5) is 13.9. The van der Waals surface area contributed by atoms with E-state index in [1.54, 1.807) is 0 Å². The highest BCUT2D eigenvalue weighted by atomic mass is 35.5. The van der Waals surface area contributed by atoms with Gasteiger partial charge in [0.25, 0.3) is 0 Å². The summed E-state index contributed by atoms with van der Waals surface area (Å²) in [6.45, 7) is 5.86. The van der Waals surface area contributed by atoms with Crippen molar-refractivity contribution in [1.82, 2.24) is 4.90 Å². The Labute approximate surface area is 127 Å². The van der Waals surface area contributed by atoms with Gasteiger partial charge in [0.1, 0.15) is 6.61 Å². The van der Waals surface area contributed by atoms with Crippen molar-refractivity contribution in [3.63, 3.8) is 0 Å². The Kier molecular flexibility index (Phi) is 10.1. The van der Waals surface area contributed by atoms with Crippen molar-refractivity contribution < 1.29 is 9.53 Å². The summed E-state index contributed by atoms with van der Waals surface area (Å²) in [7, 11) is 0. The molecule has 0 unspecified atom stereocenters. The van der Waals surface area contributed by atoms with Gasteiger partial charge in [0.15, 0.2) is 0 Å². The van der Waals surface area contributed by atoms with E-state index in [-0.39, 0.29) is 31.0 Å². The summed E-state index contributed by atoms with van der Waals surface area (Å²) in [6.07, 6.45) is 0.873. The lowest BCUT2D eigenvalue weighted by molar-refractivity contribution is -0.138. The molecule has 0 aliphatic heterocycles. The number of nitrogens with zero attached hydrogens (tertiary/aromatic N) is 1. The molecule has 1 aromatic rings. The van der Waals surface area contributed by atoms with Crippen LogP contribution < -0.4 is 5.73 Å². The molecule has 5 heteroatoms. The van der Waals surface area contributed by atoms with Crippen molar-refractivity contribution in [1.29, 1.82) is 0 Å². The summed E-state index contributed by atoms with van der Waals surface area (Å²) in [5.41, 5.74) is 6.65. The van der Waals surface area contributed by atoms with Crippen LogP contribution in [0.2, 0.25) is 0 Å².